The van der Waals surface area contributed by atoms with Gasteiger partial charge in [0.05, 0.1) is 0 Å². The van der Waals surface area contributed by atoms with Crippen LogP contribution in [0, 0.1) is 5.82 Å². The molecule has 0 radical (unpaired) electrons. The maximum Gasteiger partial charge on any atom is 0.125 e. The molecule has 0 bridgehead atoms. The predicted molar refractivity (Wildman–Crippen MR) is 54.6 cm³/mol. The van der Waals surface area contributed by atoms with Gasteiger partial charge in [0.1, 0.15) is 5.82 Å². The fraction of sp³-hybridized carbons (Fsp3) is 0.455. The number of anilines is 1. The molecule has 0 saturated carbocycles. The van der Waals surface area contributed by atoms with Gasteiger partial charge in [-0.2, -0.15) is 0 Å². The molecule has 0 unspecified atom stereocenters. The summed E-state index contributed by atoms with van der Waals surface area (Å²) in [6, 6.07) is 5.05. The highest BCUT2D eigenvalue weighted by molar-refractivity contribution is 5.47. The fourth-order valence-corrected chi connectivity index (χ4v) is 1.17. The first-order chi connectivity index (χ1) is 5.93. The molecule has 1 aromatic rings. The Morgan fingerprint density at radius 3 is 2.23 bits per heavy atom. The van der Waals surface area contributed by atoms with Crippen LogP contribution in [-0.2, 0) is 5.41 Å². The molecule has 0 fully saturated rings. The highest BCUT2D eigenvalue weighted by Crippen LogP contribution is 2.25. The summed E-state index contributed by atoms with van der Waals surface area (Å²) in [4.78, 5) is 0. The number of nitrogens with one attached hydrogen (secondary N) is 1. The largest absolute Gasteiger partial charge is 0.388 e. The summed E-state index contributed by atoms with van der Waals surface area (Å²) in [6.07, 6.45) is 0. The summed E-state index contributed by atoms with van der Waals surface area (Å²) in [7, 11) is 1.79. The van der Waals surface area contributed by atoms with Crippen molar-refractivity contribution in [3.63, 3.8) is 0 Å². The van der Waals surface area contributed by atoms with Crippen LogP contribution in [0.5, 0.6) is 0 Å². The van der Waals surface area contributed by atoms with Gasteiger partial charge in [-0.25, -0.2) is 4.39 Å². The van der Waals surface area contributed by atoms with Gasteiger partial charge in [-0.1, -0.05) is 20.8 Å². The Morgan fingerprint density at radius 1 is 1.15 bits per heavy atom. The molecule has 0 atom stereocenters. The second-order valence-corrected chi connectivity index (χ2v) is 4.23. The van der Waals surface area contributed by atoms with Crippen molar-refractivity contribution in [1.82, 2.24) is 0 Å². The van der Waals surface area contributed by atoms with Crippen LogP contribution in [-0.4, -0.2) is 7.05 Å². The Morgan fingerprint density at radius 2 is 1.77 bits per heavy atom. The minimum Gasteiger partial charge on any atom is -0.388 e. The first-order valence-corrected chi connectivity index (χ1v) is 4.42. The third-order valence-electron chi connectivity index (χ3n) is 2.05. The van der Waals surface area contributed by atoms with Crippen molar-refractivity contribution in [1.29, 1.82) is 0 Å². The van der Waals surface area contributed by atoms with Crippen LogP contribution < -0.4 is 5.32 Å². The molecule has 0 aliphatic carbocycles. The molecule has 0 amide bonds. The normalized spacial score (nSPS) is 11.5. The molecule has 0 aliphatic rings. The number of hydrogen-bond acceptors (Lipinski definition) is 1. The zero-order valence-electron chi connectivity index (χ0n) is 8.61. The van der Waals surface area contributed by atoms with Crippen molar-refractivity contribution in [3.8, 4) is 0 Å². The molecule has 0 aliphatic heterocycles. The fourth-order valence-electron chi connectivity index (χ4n) is 1.17. The summed E-state index contributed by atoms with van der Waals surface area (Å²) in [6.45, 7) is 6.21. The average Bonchev–Trinajstić information content (AvgIpc) is 2.01. The standard InChI is InChI=1S/C11H16FN/c1-11(2,3)8-5-9(12)7-10(6-8)13-4/h5-7,13H,1-4H3. The van der Waals surface area contributed by atoms with Gasteiger partial charge in [0.25, 0.3) is 0 Å². The van der Waals surface area contributed by atoms with Gasteiger partial charge in [0.15, 0.2) is 0 Å². The van der Waals surface area contributed by atoms with Crippen molar-refractivity contribution in [2.45, 2.75) is 26.2 Å². The van der Waals surface area contributed by atoms with E-state index in [9.17, 15) is 4.39 Å². The summed E-state index contributed by atoms with van der Waals surface area (Å²) < 4.78 is 13.1. The minimum atomic E-state index is -0.184. The topological polar surface area (TPSA) is 12.0 Å². The van der Waals surface area contributed by atoms with Gasteiger partial charge in [-0.3, -0.25) is 0 Å². The van der Waals surface area contributed by atoms with Crippen LogP contribution in [0.15, 0.2) is 18.2 Å². The molecular weight excluding hydrogens is 165 g/mol. The first kappa shape index (κ1) is 10.0. The third kappa shape index (κ3) is 2.44. The van der Waals surface area contributed by atoms with Crippen molar-refractivity contribution in [2.24, 2.45) is 0 Å². The van der Waals surface area contributed by atoms with Crippen molar-refractivity contribution >= 4 is 5.69 Å². The zero-order valence-corrected chi connectivity index (χ0v) is 8.61. The maximum atomic E-state index is 13.1. The van der Waals surface area contributed by atoms with E-state index in [4.69, 9.17) is 0 Å². The number of rotatable bonds is 1. The maximum absolute atomic E-state index is 13.1. The molecule has 72 valence electrons. The van der Waals surface area contributed by atoms with E-state index in [0.717, 1.165) is 11.3 Å². The SMILES string of the molecule is CNc1cc(F)cc(C(C)(C)C)c1. The summed E-state index contributed by atoms with van der Waals surface area (Å²) in [5.41, 5.74) is 1.83. The molecule has 0 heterocycles. The van der Waals surface area contributed by atoms with Crippen LogP contribution in [0.25, 0.3) is 0 Å². The Kier molecular flexibility index (Phi) is 2.60. The lowest BCUT2D eigenvalue weighted by molar-refractivity contribution is 0.573. The molecule has 1 nitrogen and oxygen atoms in total. The van der Waals surface area contributed by atoms with Gasteiger partial charge in [-0.05, 0) is 29.2 Å². The monoisotopic (exact) mass is 181 g/mol. The van der Waals surface area contributed by atoms with Crippen LogP contribution in [0.1, 0.15) is 26.3 Å². The minimum absolute atomic E-state index is 0.00625. The Bertz CT molecular complexity index is 299. The smallest absolute Gasteiger partial charge is 0.125 e. The summed E-state index contributed by atoms with van der Waals surface area (Å²) in [5.74, 6) is -0.184. The second kappa shape index (κ2) is 3.36. The van der Waals surface area contributed by atoms with Crippen LogP contribution in [0.2, 0.25) is 0 Å². The first-order valence-electron chi connectivity index (χ1n) is 4.42. The molecule has 0 saturated heterocycles. The Balaban J connectivity index is 3.16. The number of hydrogen-bond donors (Lipinski definition) is 1. The molecule has 1 N–H and O–H groups in total. The lowest BCUT2D eigenvalue weighted by Gasteiger charge is -2.19. The van der Waals surface area contributed by atoms with Gasteiger partial charge in [-0.15, -0.1) is 0 Å². The predicted octanol–water partition coefficient (Wildman–Crippen LogP) is 3.16. The highest BCUT2D eigenvalue weighted by atomic mass is 19.1. The zero-order chi connectivity index (χ0) is 10.1. The second-order valence-electron chi connectivity index (χ2n) is 4.23. The van der Waals surface area contributed by atoms with Crippen molar-refractivity contribution < 1.29 is 4.39 Å². The Labute approximate surface area is 79.0 Å². The van der Waals surface area contributed by atoms with E-state index in [1.807, 2.05) is 6.07 Å². The van der Waals surface area contributed by atoms with E-state index in [1.54, 1.807) is 13.1 Å². The molecule has 0 spiro atoms. The summed E-state index contributed by atoms with van der Waals surface area (Å²) in [5, 5.41) is 2.94. The lowest BCUT2D eigenvalue weighted by atomic mass is 9.87. The van der Waals surface area contributed by atoms with E-state index >= 15 is 0 Å². The highest BCUT2D eigenvalue weighted by Gasteiger charge is 2.14. The van der Waals surface area contributed by atoms with Gasteiger partial charge in [0.2, 0.25) is 0 Å². The molecule has 1 rings (SSSR count). The van der Waals surface area contributed by atoms with E-state index in [2.05, 4.69) is 26.1 Å². The van der Waals surface area contributed by atoms with Gasteiger partial charge in [0, 0.05) is 12.7 Å². The van der Waals surface area contributed by atoms with Crippen LogP contribution in [0.4, 0.5) is 10.1 Å². The molecule has 2 heteroatoms. The molecule has 13 heavy (non-hydrogen) atoms. The van der Waals surface area contributed by atoms with Crippen molar-refractivity contribution in [2.75, 3.05) is 12.4 Å². The van der Waals surface area contributed by atoms with Crippen molar-refractivity contribution in [3.05, 3.63) is 29.6 Å². The van der Waals surface area contributed by atoms with E-state index < -0.39 is 0 Å². The lowest BCUT2D eigenvalue weighted by Crippen LogP contribution is -2.11. The molecule has 1 aromatic carbocycles. The average molecular weight is 181 g/mol. The van der Waals surface area contributed by atoms with E-state index in [1.165, 1.54) is 6.07 Å². The molecule has 0 aromatic heterocycles. The van der Waals surface area contributed by atoms with E-state index in [-0.39, 0.29) is 11.2 Å². The van der Waals surface area contributed by atoms with Crippen LogP contribution >= 0.6 is 0 Å². The molecular formula is C11H16FN. The summed E-state index contributed by atoms with van der Waals surface area (Å²) >= 11 is 0. The quantitative estimate of drug-likeness (QED) is 0.701. The number of benzene rings is 1. The number of halogens is 1. The third-order valence-corrected chi connectivity index (χ3v) is 2.05. The van der Waals surface area contributed by atoms with Gasteiger partial charge >= 0.3 is 0 Å². The van der Waals surface area contributed by atoms with Gasteiger partial charge < -0.3 is 5.32 Å². The Hall–Kier alpha value is -1.05. The van der Waals surface area contributed by atoms with Crippen LogP contribution in [0.3, 0.4) is 0 Å². The van der Waals surface area contributed by atoms with E-state index in [0.29, 0.717) is 0 Å².